The van der Waals surface area contributed by atoms with Crippen LogP contribution in [0.25, 0.3) is 0 Å². The quantitative estimate of drug-likeness (QED) is 0.894. The second-order valence-electron chi connectivity index (χ2n) is 5.34. The van der Waals surface area contributed by atoms with E-state index in [1.165, 1.54) is 12.2 Å². The van der Waals surface area contributed by atoms with Gasteiger partial charge in [-0.05, 0) is 12.3 Å². The third kappa shape index (κ3) is 3.28. The van der Waals surface area contributed by atoms with Crippen LogP contribution in [-0.2, 0) is 11.8 Å². The Morgan fingerprint density at radius 3 is 3.11 bits per heavy atom. The molecule has 0 aliphatic carbocycles. The summed E-state index contributed by atoms with van der Waals surface area (Å²) in [4.78, 5) is 7.08. The second-order valence-corrected chi connectivity index (χ2v) is 5.34. The summed E-state index contributed by atoms with van der Waals surface area (Å²) in [7, 11) is 2.08. The number of nitrogens with one attached hydrogen (secondary N) is 1. The number of hydrogen-bond acceptors (Lipinski definition) is 4. The lowest BCUT2D eigenvalue weighted by molar-refractivity contribution is 0.117. The molecule has 2 aliphatic heterocycles. The van der Waals surface area contributed by atoms with E-state index < -0.39 is 0 Å². The molecule has 0 amide bonds. The highest BCUT2D eigenvalue weighted by Gasteiger charge is 2.29. The number of rotatable bonds is 3. The number of piperazine rings is 1. The predicted molar refractivity (Wildman–Crippen MR) is 76.6 cm³/mol. The van der Waals surface area contributed by atoms with Crippen LogP contribution < -0.4 is 5.32 Å². The van der Waals surface area contributed by atoms with Crippen LogP contribution in [0.2, 0.25) is 0 Å². The Balaban J connectivity index is 0.00000133. The average Bonchev–Trinajstić information content (AvgIpc) is 3.02. The van der Waals surface area contributed by atoms with Gasteiger partial charge >= 0.3 is 0 Å². The van der Waals surface area contributed by atoms with E-state index >= 15 is 0 Å². The van der Waals surface area contributed by atoms with Gasteiger partial charge in [-0.3, -0.25) is 4.90 Å². The minimum Gasteiger partial charge on any atom is -0.381 e. The van der Waals surface area contributed by atoms with Crippen molar-refractivity contribution < 1.29 is 4.74 Å². The van der Waals surface area contributed by atoms with Gasteiger partial charge in [0.2, 0.25) is 0 Å². The van der Waals surface area contributed by atoms with Crippen LogP contribution in [0.15, 0.2) is 12.4 Å². The maximum Gasteiger partial charge on any atom is 0.127 e. The Hall–Kier alpha value is -0.620. The number of nitrogens with zero attached hydrogens (tertiary/aromatic N) is 3. The molecule has 2 fully saturated rings. The molecule has 2 unspecified atom stereocenters. The van der Waals surface area contributed by atoms with Crippen molar-refractivity contribution in [2.75, 3.05) is 39.4 Å². The number of imidazole rings is 1. The third-order valence-corrected chi connectivity index (χ3v) is 4.03. The maximum atomic E-state index is 5.49. The average molecular weight is 287 g/mol. The van der Waals surface area contributed by atoms with Crippen molar-refractivity contribution >= 4 is 12.4 Å². The molecule has 0 aromatic carbocycles. The molecule has 1 aromatic heterocycles. The molecule has 19 heavy (non-hydrogen) atoms. The second kappa shape index (κ2) is 6.70. The minimum absolute atomic E-state index is 0. The molecule has 0 radical (unpaired) electrons. The number of halogens is 1. The molecule has 108 valence electrons. The number of aromatic nitrogens is 2. The zero-order valence-corrected chi connectivity index (χ0v) is 12.2. The summed E-state index contributed by atoms with van der Waals surface area (Å²) < 4.78 is 7.62. The fourth-order valence-electron chi connectivity index (χ4n) is 2.98. The molecular weight excluding hydrogens is 264 g/mol. The number of ether oxygens (including phenoxy) is 1. The molecule has 5 nitrogen and oxygen atoms in total. The van der Waals surface area contributed by atoms with Gasteiger partial charge in [0.1, 0.15) is 5.82 Å². The van der Waals surface area contributed by atoms with E-state index in [9.17, 15) is 0 Å². The summed E-state index contributed by atoms with van der Waals surface area (Å²) in [6, 6.07) is 0.402. The zero-order chi connectivity index (χ0) is 12.4. The van der Waals surface area contributed by atoms with Crippen LogP contribution in [0.1, 0.15) is 18.3 Å². The van der Waals surface area contributed by atoms with Crippen LogP contribution in [0, 0.1) is 5.92 Å². The molecule has 0 bridgehead atoms. The van der Waals surface area contributed by atoms with E-state index in [2.05, 4.69) is 26.8 Å². The first-order valence-electron chi connectivity index (χ1n) is 6.84. The van der Waals surface area contributed by atoms with Crippen LogP contribution in [-0.4, -0.2) is 53.8 Å². The highest BCUT2D eigenvalue weighted by atomic mass is 35.5. The zero-order valence-electron chi connectivity index (χ0n) is 11.4. The molecule has 6 heteroatoms. The highest BCUT2D eigenvalue weighted by Crippen LogP contribution is 2.23. The molecule has 0 saturated carbocycles. The molecule has 2 aliphatic rings. The van der Waals surface area contributed by atoms with Gasteiger partial charge in [-0.25, -0.2) is 4.98 Å². The van der Waals surface area contributed by atoms with Crippen molar-refractivity contribution in [1.29, 1.82) is 0 Å². The van der Waals surface area contributed by atoms with Crippen molar-refractivity contribution in [2.24, 2.45) is 13.0 Å². The highest BCUT2D eigenvalue weighted by molar-refractivity contribution is 5.85. The molecule has 2 saturated heterocycles. The largest absolute Gasteiger partial charge is 0.381 e. The van der Waals surface area contributed by atoms with Crippen molar-refractivity contribution in [3.05, 3.63) is 18.2 Å². The molecule has 0 spiro atoms. The van der Waals surface area contributed by atoms with E-state index in [1.807, 2.05) is 12.4 Å². The predicted octanol–water partition coefficient (Wildman–Crippen LogP) is 0.825. The van der Waals surface area contributed by atoms with Gasteiger partial charge in [-0.15, -0.1) is 12.4 Å². The van der Waals surface area contributed by atoms with Crippen molar-refractivity contribution in [2.45, 2.75) is 12.5 Å². The van der Waals surface area contributed by atoms with Gasteiger partial charge in [0.25, 0.3) is 0 Å². The first kappa shape index (κ1) is 14.8. The summed E-state index contributed by atoms with van der Waals surface area (Å²) in [5, 5.41) is 3.48. The van der Waals surface area contributed by atoms with E-state index in [1.54, 1.807) is 0 Å². The topological polar surface area (TPSA) is 42.3 Å². The van der Waals surface area contributed by atoms with Gasteiger partial charge in [0.05, 0.1) is 12.6 Å². The van der Waals surface area contributed by atoms with Crippen molar-refractivity contribution in [1.82, 2.24) is 19.8 Å². The first-order chi connectivity index (χ1) is 8.84. The van der Waals surface area contributed by atoms with Gasteiger partial charge in [-0.1, -0.05) is 0 Å². The SMILES string of the molecule is Cl.Cn1ccnc1C1CNCCN1CC1CCOC1. The van der Waals surface area contributed by atoms with Crippen LogP contribution in [0.5, 0.6) is 0 Å². The van der Waals surface area contributed by atoms with E-state index in [0.717, 1.165) is 39.4 Å². The summed E-state index contributed by atoms with van der Waals surface area (Å²) in [5.74, 6) is 1.87. The lowest BCUT2D eigenvalue weighted by Crippen LogP contribution is -2.48. The summed E-state index contributed by atoms with van der Waals surface area (Å²) >= 11 is 0. The lowest BCUT2D eigenvalue weighted by Gasteiger charge is -2.37. The standard InChI is InChI=1S/C13H22N4O.ClH/c1-16-5-4-15-13(16)12-8-14-3-6-17(12)9-11-2-7-18-10-11;/h4-5,11-12,14H,2-3,6-10H2,1H3;1H. The van der Waals surface area contributed by atoms with Crippen LogP contribution in [0.4, 0.5) is 0 Å². The Bertz CT molecular complexity index is 392. The number of aryl methyl sites for hydroxylation is 1. The third-order valence-electron chi connectivity index (χ3n) is 4.03. The van der Waals surface area contributed by atoms with Crippen LogP contribution >= 0.6 is 12.4 Å². The molecule has 3 heterocycles. The van der Waals surface area contributed by atoms with E-state index in [-0.39, 0.29) is 12.4 Å². The van der Waals surface area contributed by atoms with E-state index in [0.29, 0.717) is 12.0 Å². The van der Waals surface area contributed by atoms with Gasteiger partial charge in [0.15, 0.2) is 0 Å². The lowest BCUT2D eigenvalue weighted by atomic mass is 10.1. The Morgan fingerprint density at radius 2 is 2.42 bits per heavy atom. The van der Waals surface area contributed by atoms with Crippen LogP contribution in [0.3, 0.4) is 0 Å². The minimum atomic E-state index is 0. The Morgan fingerprint density at radius 1 is 1.53 bits per heavy atom. The molecule has 2 atom stereocenters. The maximum absolute atomic E-state index is 5.49. The molecule has 1 aromatic rings. The summed E-state index contributed by atoms with van der Waals surface area (Å²) in [5.41, 5.74) is 0. The Labute approximate surface area is 120 Å². The summed E-state index contributed by atoms with van der Waals surface area (Å²) in [6.07, 6.45) is 5.12. The van der Waals surface area contributed by atoms with E-state index in [4.69, 9.17) is 4.74 Å². The summed E-state index contributed by atoms with van der Waals surface area (Å²) in [6.45, 7) is 6.18. The fraction of sp³-hybridized carbons (Fsp3) is 0.769. The smallest absolute Gasteiger partial charge is 0.127 e. The van der Waals surface area contributed by atoms with Gasteiger partial charge in [-0.2, -0.15) is 0 Å². The normalized spacial score (nSPS) is 28.3. The molecular formula is C13H23ClN4O. The monoisotopic (exact) mass is 286 g/mol. The fourth-order valence-corrected chi connectivity index (χ4v) is 2.98. The Kier molecular flexibility index (Phi) is 5.21. The number of hydrogen-bond donors (Lipinski definition) is 1. The molecule has 1 N–H and O–H groups in total. The van der Waals surface area contributed by atoms with Crippen molar-refractivity contribution in [3.63, 3.8) is 0 Å². The van der Waals surface area contributed by atoms with Crippen molar-refractivity contribution in [3.8, 4) is 0 Å². The van der Waals surface area contributed by atoms with Gasteiger partial charge < -0.3 is 14.6 Å². The first-order valence-corrected chi connectivity index (χ1v) is 6.84. The molecule has 3 rings (SSSR count). The van der Waals surface area contributed by atoms with Gasteiger partial charge in [0, 0.05) is 52.2 Å².